The summed E-state index contributed by atoms with van der Waals surface area (Å²) in [6.07, 6.45) is 1.92. The zero-order chi connectivity index (χ0) is 30.2. The van der Waals surface area contributed by atoms with Crippen LogP contribution in [0.3, 0.4) is 0 Å². The number of carbonyl (C=O) groups is 1. The van der Waals surface area contributed by atoms with Crippen LogP contribution in [-0.4, -0.2) is 68.8 Å². The molecule has 226 valence electrons. The van der Waals surface area contributed by atoms with Crippen LogP contribution < -0.4 is 21.1 Å². The summed E-state index contributed by atoms with van der Waals surface area (Å²) in [4.78, 5) is 34.0. The van der Waals surface area contributed by atoms with Crippen LogP contribution in [0.15, 0.2) is 47.3 Å². The van der Waals surface area contributed by atoms with Crippen molar-refractivity contribution in [2.75, 3.05) is 51.8 Å². The summed E-state index contributed by atoms with van der Waals surface area (Å²) in [6, 6.07) is 15.1. The van der Waals surface area contributed by atoms with E-state index in [0.717, 1.165) is 85.9 Å². The van der Waals surface area contributed by atoms with Crippen LogP contribution >= 0.6 is 0 Å². The first-order valence-corrected chi connectivity index (χ1v) is 15.1. The highest BCUT2D eigenvalue weighted by molar-refractivity contribution is 5.99. The number of aromatic amines is 1. The second kappa shape index (κ2) is 14.6. The van der Waals surface area contributed by atoms with E-state index in [4.69, 9.17) is 4.74 Å². The van der Waals surface area contributed by atoms with Crippen molar-refractivity contribution < 1.29 is 9.53 Å². The van der Waals surface area contributed by atoms with Crippen LogP contribution in [0.1, 0.15) is 58.1 Å². The topological polar surface area (TPSA) is 89.7 Å². The highest BCUT2D eigenvalue weighted by Crippen LogP contribution is 2.34. The molecule has 0 spiro atoms. The number of likely N-dealkylation sites (N-methyl/N-ethyl adjacent to an activating group) is 2. The molecule has 0 atom stereocenters. The van der Waals surface area contributed by atoms with E-state index in [2.05, 4.69) is 69.7 Å². The van der Waals surface area contributed by atoms with Crippen LogP contribution in [0.5, 0.6) is 0 Å². The Balaban J connectivity index is 1.71. The van der Waals surface area contributed by atoms with Crippen molar-refractivity contribution in [1.29, 1.82) is 0 Å². The van der Waals surface area contributed by atoms with Crippen molar-refractivity contribution in [3.8, 4) is 11.1 Å². The number of anilines is 1. The van der Waals surface area contributed by atoms with Crippen LogP contribution in [0.4, 0.5) is 5.69 Å². The smallest absolute Gasteiger partial charge is 0.253 e. The maximum atomic E-state index is 13.8. The van der Waals surface area contributed by atoms with Gasteiger partial charge in [0.2, 0.25) is 0 Å². The zero-order valence-corrected chi connectivity index (χ0v) is 26.1. The van der Waals surface area contributed by atoms with Gasteiger partial charge in [0.25, 0.3) is 11.5 Å². The van der Waals surface area contributed by atoms with E-state index in [1.54, 1.807) is 0 Å². The summed E-state index contributed by atoms with van der Waals surface area (Å²) >= 11 is 0. The van der Waals surface area contributed by atoms with Gasteiger partial charge < -0.3 is 30.2 Å². The van der Waals surface area contributed by atoms with E-state index < -0.39 is 0 Å². The molecule has 3 aromatic rings. The zero-order valence-electron chi connectivity index (χ0n) is 26.1. The van der Waals surface area contributed by atoms with Gasteiger partial charge in [-0.15, -0.1) is 0 Å². The molecule has 0 aliphatic carbocycles. The fraction of sp³-hybridized carbons (Fsp3) is 0.471. The predicted octanol–water partition coefficient (Wildman–Crippen LogP) is 4.55. The molecule has 1 aliphatic rings. The number of aryl methyl sites for hydroxylation is 2. The molecule has 0 radical (unpaired) electrons. The Hall–Kier alpha value is -3.46. The van der Waals surface area contributed by atoms with Crippen LogP contribution in [0.25, 0.3) is 11.1 Å². The van der Waals surface area contributed by atoms with E-state index in [0.29, 0.717) is 17.2 Å². The largest absolute Gasteiger partial charge is 0.381 e. The Kier molecular flexibility index (Phi) is 11.0. The summed E-state index contributed by atoms with van der Waals surface area (Å²) in [5.41, 5.74) is 8.07. The normalized spacial score (nSPS) is 13.9. The number of aromatic nitrogens is 1. The molecule has 2 heterocycles. The average Bonchev–Trinajstić information content (AvgIpc) is 2.97. The molecule has 2 aromatic carbocycles. The van der Waals surface area contributed by atoms with Crippen molar-refractivity contribution in [3.05, 3.63) is 86.3 Å². The van der Waals surface area contributed by atoms with E-state index in [1.807, 2.05) is 40.0 Å². The molecule has 0 unspecified atom stereocenters. The van der Waals surface area contributed by atoms with Crippen LogP contribution in [-0.2, 0) is 17.8 Å². The fourth-order valence-corrected chi connectivity index (χ4v) is 5.93. The highest BCUT2D eigenvalue weighted by Gasteiger charge is 2.25. The molecule has 1 fully saturated rings. The van der Waals surface area contributed by atoms with Gasteiger partial charge in [0.05, 0.1) is 0 Å². The number of nitrogens with one attached hydrogen (secondary N) is 3. The molecular weight excluding hydrogens is 526 g/mol. The SMILES string of the molecule is CCN(c1cc(-c2cccc(CN(C)CCNC)c2)cc(C(=O)NCc2c(C)cc(C)[nH]c2=O)c1C)C1CCOCC1. The lowest BCUT2D eigenvalue weighted by atomic mass is 9.94. The van der Waals surface area contributed by atoms with Gasteiger partial charge in [-0.05, 0) is 107 Å². The molecule has 8 heteroatoms. The van der Waals surface area contributed by atoms with Crippen LogP contribution in [0.2, 0.25) is 0 Å². The van der Waals surface area contributed by atoms with Crippen molar-refractivity contribution in [3.63, 3.8) is 0 Å². The van der Waals surface area contributed by atoms with Gasteiger partial charge in [-0.25, -0.2) is 0 Å². The molecule has 42 heavy (non-hydrogen) atoms. The van der Waals surface area contributed by atoms with Gasteiger partial charge in [0, 0.05) is 74.5 Å². The number of hydrogen-bond donors (Lipinski definition) is 3. The summed E-state index contributed by atoms with van der Waals surface area (Å²) in [6.45, 7) is 13.2. The summed E-state index contributed by atoms with van der Waals surface area (Å²) in [7, 11) is 4.10. The minimum atomic E-state index is -0.180. The lowest BCUT2D eigenvalue weighted by Gasteiger charge is -2.37. The minimum absolute atomic E-state index is 0.160. The Labute approximate surface area is 250 Å². The Morgan fingerprint density at radius 1 is 1.07 bits per heavy atom. The Morgan fingerprint density at radius 2 is 1.83 bits per heavy atom. The number of hydrogen-bond acceptors (Lipinski definition) is 6. The van der Waals surface area contributed by atoms with E-state index in [9.17, 15) is 9.59 Å². The number of carbonyl (C=O) groups excluding carboxylic acids is 1. The van der Waals surface area contributed by atoms with Gasteiger partial charge in [0.15, 0.2) is 0 Å². The van der Waals surface area contributed by atoms with Gasteiger partial charge >= 0.3 is 0 Å². The summed E-state index contributed by atoms with van der Waals surface area (Å²) in [5.74, 6) is -0.180. The first-order valence-electron chi connectivity index (χ1n) is 15.1. The minimum Gasteiger partial charge on any atom is -0.381 e. The Morgan fingerprint density at radius 3 is 2.52 bits per heavy atom. The summed E-state index contributed by atoms with van der Waals surface area (Å²) in [5, 5.41) is 6.26. The molecule has 4 rings (SSSR count). The van der Waals surface area contributed by atoms with Crippen molar-refractivity contribution in [2.45, 2.75) is 59.7 Å². The molecule has 1 aliphatic heterocycles. The third kappa shape index (κ3) is 7.68. The average molecular weight is 574 g/mol. The molecular formula is C34H47N5O3. The maximum Gasteiger partial charge on any atom is 0.253 e. The number of nitrogens with zero attached hydrogens (tertiary/aromatic N) is 2. The molecule has 3 N–H and O–H groups in total. The fourth-order valence-electron chi connectivity index (χ4n) is 5.93. The second-order valence-electron chi connectivity index (χ2n) is 11.5. The molecule has 1 saturated heterocycles. The van der Waals surface area contributed by atoms with Gasteiger partial charge in [0.1, 0.15) is 0 Å². The molecule has 8 nitrogen and oxygen atoms in total. The molecule has 0 saturated carbocycles. The number of benzene rings is 2. The number of rotatable bonds is 12. The van der Waals surface area contributed by atoms with E-state index in [-0.39, 0.29) is 18.0 Å². The number of ether oxygens (including phenoxy) is 1. The monoisotopic (exact) mass is 573 g/mol. The summed E-state index contributed by atoms with van der Waals surface area (Å²) < 4.78 is 5.66. The van der Waals surface area contributed by atoms with Crippen molar-refractivity contribution >= 4 is 11.6 Å². The first-order chi connectivity index (χ1) is 20.2. The third-order valence-electron chi connectivity index (χ3n) is 8.28. The Bertz CT molecular complexity index is 1430. The van der Waals surface area contributed by atoms with Crippen molar-refractivity contribution in [2.24, 2.45) is 0 Å². The maximum absolute atomic E-state index is 13.8. The third-order valence-corrected chi connectivity index (χ3v) is 8.28. The van der Waals surface area contributed by atoms with Crippen molar-refractivity contribution in [1.82, 2.24) is 20.5 Å². The molecule has 1 amide bonds. The number of pyridine rings is 1. The standard InChI is InChI=1S/C34H47N5O3/c1-7-39(29-11-15-42-16-12-29)32-20-28(27-10-8-9-26(18-27)22-38(6)14-13-35-5)19-30(25(32)4)33(40)36-21-31-23(2)17-24(3)37-34(31)41/h8-10,17-20,29,35H,7,11-16,21-22H2,1-6H3,(H,36,40)(H,37,41). The van der Waals surface area contributed by atoms with Gasteiger partial charge in [-0.1, -0.05) is 18.2 Å². The second-order valence-corrected chi connectivity index (χ2v) is 11.5. The van der Waals surface area contributed by atoms with E-state index >= 15 is 0 Å². The number of amides is 1. The number of H-pyrrole nitrogens is 1. The van der Waals surface area contributed by atoms with E-state index in [1.165, 1.54) is 5.56 Å². The van der Waals surface area contributed by atoms with Gasteiger partial charge in [-0.3, -0.25) is 9.59 Å². The van der Waals surface area contributed by atoms with Crippen LogP contribution in [0, 0.1) is 20.8 Å². The molecule has 1 aromatic heterocycles. The lowest BCUT2D eigenvalue weighted by molar-refractivity contribution is 0.0846. The lowest BCUT2D eigenvalue weighted by Crippen LogP contribution is -2.40. The van der Waals surface area contributed by atoms with Gasteiger partial charge in [-0.2, -0.15) is 0 Å². The predicted molar refractivity (Wildman–Crippen MR) is 171 cm³/mol. The first kappa shape index (κ1) is 31.5. The highest BCUT2D eigenvalue weighted by atomic mass is 16.5. The quantitative estimate of drug-likeness (QED) is 0.295. The molecule has 0 bridgehead atoms.